The number of carbonyl (C=O) groups is 1. The summed E-state index contributed by atoms with van der Waals surface area (Å²) in [4.78, 5) is 16.5. The first-order valence-electron chi connectivity index (χ1n) is 8.63. The molecule has 0 saturated carbocycles. The molecule has 1 amide bonds. The third-order valence-electron chi connectivity index (χ3n) is 4.05. The van der Waals surface area contributed by atoms with Gasteiger partial charge >= 0.3 is 0 Å². The Morgan fingerprint density at radius 2 is 2.00 bits per heavy atom. The molecule has 0 aliphatic carbocycles. The Kier molecular flexibility index (Phi) is 6.45. The highest BCUT2D eigenvalue weighted by Gasteiger charge is 2.09. The summed E-state index contributed by atoms with van der Waals surface area (Å²) in [6.07, 6.45) is 3.91. The minimum absolute atomic E-state index is 0.0520. The van der Waals surface area contributed by atoms with Gasteiger partial charge in [0.05, 0.1) is 23.4 Å². The number of hydrogen-bond acceptors (Lipinski definition) is 4. The molecule has 3 rings (SSSR count). The lowest BCUT2D eigenvalue weighted by Crippen LogP contribution is -2.13. The lowest BCUT2D eigenvalue weighted by Gasteiger charge is -2.09. The summed E-state index contributed by atoms with van der Waals surface area (Å²) in [5, 5.41) is 5.88. The van der Waals surface area contributed by atoms with Crippen molar-refractivity contribution >= 4 is 28.9 Å². The zero-order valence-electron chi connectivity index (χ0n) is 15.2. The number of nitrogens with zero attached hydrogens (tertiary/aromatic N) is 1. The number of methoxy groups -OCH3 is 1. The van der Waals surface area contributed by atoms with Crippen molar-refractivity contribution in [3.05, 3.63) is 82.9 Å². The van der Waals surface area contributed by atoms with Crippen LogP contribution in [-0.2, 0) is 6.42 Å². The van der Waals surface area contributed by atoms with E-state index in [1.54, 1.807) is 19.4 Å². The van der Waals surface area contributed by atoms with Crippen LogP contribution in [0.5, 0.6) is 5.75 Å². The minimum Gasteiger partial charge on any atom is -0.497 e. The number of pyridine rings is 1. The maximum Gasteiger partial charge on any atom is 0.257 e. The molecule has 0 saturated heterocycles. The van der Waals surface area contributed by atoms with E-state index in [9.17, 15) is 9.18 Å². The van der Waals surface area contributed by atoms with E-state index < -0.39 is 5.82 Å². The molecule has 1 heterocycles. The maximum absolute atomic E-state index is 13.2. The van der Waals surface area contributed by atoms with Gasteiger partial charge in [0.1, 0.15) is 11.6 Å². The molecule has 144 valence electrons. The number of halogens is 2. The van der Waals surface area contributed by atoms with Crippen molar-refractivity contribution in [2.45, 2.75) is 6.42 Å². The van der Waals surface area contributed by atoms with E-state index in [1.807, 2.05) is 24.3 Å². The zero-order valence-corrected chi connectivity index (χ0v) is 16.0. The van der Waals surface area contributed by atoms with Crippen LogP contribution in [0.2, 0.25) is 5.02 Å². The highest BCUT2D eigenvalue weighted by Crippen LogP contribution is 2.20. The normalized spacial score (nSPS) is 10.4. The summed E-state index contributed by atoms with van der Waals surface area (Å²) < 4.78 is 18.4. The lowest BCUT2D eigenvalue weighted by atomic mass is 10.1. The van der Waals surface area contributed by atoms with Gasteiger partial charge in [0, 0.05) is 24.6 Å². The van der Waals surface area contributed by atoms with Crippen LogP contribution >= 0.6 is 11.6 Å². The van der Waals surface area contributed by atoms with Gasteiger partial charge in [-0.15, -0.1) is 0 Å². The average Bonchev–Trinajstić information content (AvgIpc) is 2.71. The van der Waals surface area contributed by atoms with Crippen molar-refractivity contribution in [1.29, 1.82) is 0 Å². The molecule has 7 heteroatoms. The van der Waals surface area contributed by atoms with Crippen molar-refractivity contribution in [3.63, 3.8) is 0 Å². The maximum atomic E-state index is 13.2. The fourth-order valence-electron chi connectivity index (χ4n) is 2.62. The van der Waals surface area contributed by atoms with Crippen LogP contribution in [0.4, 0.5) is 15.8 Å². The van der Waals surface area contributed by atoms with Crippen LogP contribution in [0.1, 0.15) is 15.9 Å². The van der Waals surface area contributed by atoms with E-state index in [2.05, 4.69) is 15.6 Å². The first-order valence-corrected chi connectivity index (χ1v) is 9.01. The summed E-state index contributed by atoms with van der Waals surface area (Å²) >= 11 is 5.74. The molecule has 2 aromatic carbocycles. The van der Waals surface area contributed by atoms with Gasteiger partial charge in [0.25, 0.3) is 5.91 Å². The predicted molar refractivity (Wildman–Crippen MR) is 109 cm³/mol. The summed E-state index contributed by atoms with van der Waals surface area (Å²) in [5.74, 6) is -0.0751. The van der Waals surface area contributed by atoms with E-state index in [0.29, 0.717) is 17.8 Å². The smallest absolute Gasteiger partial charge is 0.257 e. The fourth-order valence-corrected chi connectivity index (χ4v) is 2.80. The fraction of sp³-hybridized carbons (Fsp3) is 0.143. The van der Waals surface area contributed by atoms with Crippen molar-refractivity contribution in [3.8, 4) is 5.75 Å². The number of ether oxygens (including phenoxy) is 1. The van der Waals surface area contributed by atoms with Crippen LogP contribution in [0.15, 0.2) is 60.9 Å². The second kappa shape index (κ2) is 9.19. The van der Waals surface area contributed by atoms with Crippen molar-refractivity contribution in [2.24, 2.45) is 0 Å². The lowest BCUT2D eigenvalue weighted by molar-refractivity contribution is 0.102. The van der Waals surface area contributed by atoms with Gasteiger partial charge in [-0.25, -0.2) is 4.39 Å². The summed E-state index contributed by atoms with van der Waals surface area (Å²) in [6.45, 7) is 0.674. The van der Waals surface area contributed by atoms with Gasteiger partial charge in [-0.3, -0.25) is 9.78 Å². The molecule has 5 nitrogen and oxygen atoms in total. The topological polar surface area (TPSA) is 63.2 Å². The number of rotatable bonds is 7. The number of benzene rings is 2. The Hall–Kier alpha value is -3.12. The van der Waals surface area contributed by atoms with E-state index in [1.165, 1.54) is 24.4 Å². The van der Waals surface area contributed by atoms with E-state index in [4.69, 9.17) is 16.3 Å². The second-order valence-corrected chi connectivity index (χ2v) is 6.48. The van der Waals surface area contributed by atoms with E-state index >= 15 is 0 Å². The van der Waals surface area contributed by atoms with Gasteiger partial charge in [-0.2, -0.15) is 0 Å². The summed E-state index contributed by atoms with van der Waals surface area (Å²) in [7, 11) is 1.64. The Bertz CT molecular complexity index is 981. The SMILES string of the molecule is COc1cccc(CCNc2cncc(C(=O)Nc3ccc(F)c(Cl)c3)c2)c1. The molecule has 0 bridgehead atoms. The number of nitrogens with one attached hydrogen (secondary N) is 2. The molecule has 2 N–H and O–H groups in total. The summed E-state index contributed by atoms with van der Waals surface area (Å²) in [5.41, 5.74) is 2.66. The van der Waals surface area contributed by atoms with Crippen LogP contribution in [0.25, 0.3) is 0 Å². The minimum atomic E-state index is -0.538. The van der Waals surface area contributed by atoms with Gasteiger partial charge in [-0.1, -0.05) is 23.7 Å². The molecular formula is C21H19ClFN3O2. The number of anilines is 2. The van der Waals surface area contributed by atoms with Crippen LogP contribution in [0.3, 0.4) is 0 Å². The van der Waals surface area contributed by atoms with Crippen LogP contribution < -0.4 is 15.4 Å². The van der Waals surface area contributed by atoms with Crippen molar-refractivity contribution in [1.82, 2.24) is 4.98 Å². The average molecular weight is 400 g/mol. The first-order chi connectivity index (χ1) is 13.5. The van der Waals surface area contributed by atoms with E-state index in [0.717, 1.165) is 23.4 Å². The highest BCUT2D eigenvalue weighted by molar-refractivity contribution is 6.31. The quantitative estimate of drug-likeness (QED) is 0.599. The second-order valence-electron chi connectivity index (χ2n) is 6.07. The standard InChI is InChI=1S/C21H19ClFN3O2/c1-28-18-4-2-3-14(9-18)7-8-25-17-10-15(12-24-13-17)21(27)26-16-5-6-20(23)19(22)11-16/h2-6,9-13,25H,7-8H2,1H3,(H,26,27). The third-order valence-corrected chi connectivity index (χ3v) is 4.34. The Morgan fingerprint density at radius 1 is 1.14 bits per heavy atom. The molecule has 0 radical (unpaired) electrons. The summed E-state index contributed by atoms with van der Waals surface area (Å²) in [6, 6.07) is 13.6. The van der Waals surface area contributed by atoms with Crippen molar-refractivity contribution in [2.75, 3.05) is 24.3 Å². The molecule has 1 aromatic heterocycles. The molecule has 0 atom stereocenters. The Morgan fingerprint density at radius 3 is 2.79 bits per heavy atom. The molecule has 0 unspecified atom stereocenters. The van der Waals surface area contributed by atoms with Crippen LogP contribution in [0, 0.1) is 5.82 Å². The largest absolute Gasteiger partial charge is 0.497 e. The molecule has 0 aliphatic heterocycles. The van der Waals surface area contributed by atoms with Gasteiger partial charge in [-0.05, 0) is 48.4 Å². The van der Waals surface area contributed by atoms with Gasteiger partial charge in [0.2, 0.25) is 0 Å². The first kappa shape index (κ1) is 19.6. The number of aromatic nitrogens is 1. The molecule has 0 aliphatic rings. The molecular weight excluding hydrogens is 381 g/mol. The monoisotopic (exact) mass is 399 g/mol. The number of amides is 1. The zero-order chi connectivity index (χ0) is 19.9. The Balaban J connectivity index is 1.59. The molecule has 0 spiro atoms. The third kappa shape index (κ3) is 5.20. The number of carbonyl (C=O) groups excluding carboxylic acids is 1. The van der Waals surface area contributed by atoms with Gasteiger partial charge < -0.3 is 15.4 Å². The van der Waals surface area contributed by atoms with Crippen LogP contribution in [-0.4, -0.2) is 24.5 Å². The molecule has 3 aromatic rings. The number of hydrogen-bond donors (Lipinski definition) is 2. The predicted octanol–water partition coefficient (Wildman–Crippen LogP) is 4.79. The Labute approximate surface area is 167 Å². The van der Waals surface area contributed by atoms with Gasteiger partial charge in [0.15, 0.2) is 0 Å². The highest BCUT2D eigenvalue weighted by atomic mass is 35.5. The van der Waals surface area contributed by atoms with Crippen molar-refractivity contribution < 1.29 is 13.9 Å². The molecule has 28 heavy (non-hydrogen) atoms. The molecule has 0 fully saturated rings. The van der Waals surface area contributed by atoms with E-state index in [-0.39, 0.29) is 10.9 Å².